The molecule has 6 atom stereocenters. The number of aliphatic carboxylic acids is 2. The Morgan fingerprint density at radius 1 is 0.663 bits per heavy atom. The van der Waals surface area contributed by atoms with E-state index in [9.17, 15) is 43.4 Å². The predicted octanol–water partition coefficient (Wildman–Crippen LogP) is 7.93. The largest absolute Gasteiger partial charge is 0.481 e. The maximum Gasteiger partial charge on any atom is 0.338 e. The number of methoxy groups -OCH3 is 1. The predicted molar refractivity (Wildman–Crippen MR) is 358 cm³/mol. The summed E-state index contributed by atoms with van der Waals surface area (Å²) in [7, 11) is 1.31. The van der Waals surface area contributed by atoms with Gasteiger partial charge < -0.3 is 50.3 Å². The molecular weight excluding hydrogens is 1370 g/mol. The number of aromatic nitrogens is 2. The number of piperazine rings is 2. The van der Waals surface area contributed by atoms with E-state index in [-0.39, 0.29) is 81.0 Å². The number of carbonyl (C=O) groups is 6. The van der Waals surface area contributed by atoms with Crippen LogP contribution in [-0.2, 0) is 41.5 Å². The topological polar surface area (TPSA) is 296 Å². The first-order chi connectivity index (χ1) is 45.9. The van der Waals surface area contributed by atoms with Crippen molar-refractivity contribution >= 4 is 121 Å². The average molecular weight is 1440 g/mol. The van der Waals surface area contributed by atoms with E-state index >= 15 is 0 Å². The molecule has 4 amide bonds. The minimum Gasteiger partial charge on any atom is -0.481 e. The first-order valence-electron chi connectivity index (χ1n) is 30.4. The van der Waals surface area contributed by atoms with Crippen molar-refractivity contribution in [3.05, 3.63) is 183 Å². The third-order valence-electron chi connectivity index (χ3n) is 17.4. The van der Waals surface area contributed by atoms with Crippen LogP contribution in [0.1, 0.15) is 64.1 Å². The second-order valence-corrected chi connectivity index (χ2v) is 26.4. The number of carbonyl (C=O) groups excluding carboxylic acids is 4. The van der Waals surface area contributed by atoms with Gasteiger partial charge in [-0.05, 0) is 85.0 Å². The number of fused-ring (bicyclic) bond motifs is 2. The monoisotopic (exact) mass is 1440 g/mol. The van der Waals surface area contributed by atoms with Crippen molar-refractivity contribution in [2.24, 2.45) is 9.98 Å². The number of hydrogen-bond acceptors (Lipinski definition) is 20. The van der Waals surface area contributed by atoms with Gasteiger partial charge in [0.15, 0.2) is 21.7 Å². The van der Waals surface area contributed by atoms with Crippen LogP contribution in [-0.4, -0.2) is 201 Å². The van der Waals surface area contributed by atoms with E-state index in [1.54, 1.807) is 63.2 Å². The number of aliphatic hydroxyl groups is 2. The van der Waals surface area contributed by atoms with Crippen LogP contribution in [0.4, 0.5) is 25.4 Å². The number of halogens is 4. The zero-order chi connectivity index (χ0) is 67.2. The Hall–Kier alpha value is -8.19. The molecule has 0 saturated carbocycles. The molecule has 6 aliphatic rings. The molecule has 2 aromatic heterocycles. The molecule has 30 heteroatoms. The number of nitrogens with zero attached hydrogens (tertiary/aromatic N) is 10. The number of aliphatic hydroxyl groups excluding tert-OH is 2. The van der Waals surface area contributed by atoms with Crippen molar-refractivity contribution in [2.45, 2.75) is 68.9 Å². The molecule has 4 aromatic carbocycles. The highest BCUT2D eigenvalue weighted by Gasteiger charge is 2.49. The molecule has 0 unspecified atom stereocenters. The van der Waals surface area contributed by atoms with Crippen molar-refractivity contribution in [1.29, 1.82) is 0 Å². The van der Waals surface area contributed by atoms with Crippen LogP contribution in [0.5, 0.6) is 0 Å². The number of hydrogen-bond donors (Lipinski definition) is 6. The van der Waals surface area contributed by atoms with Crippen molar-refractivity contribution in [2.75, 3.05) is 89.1 Å². The van der Waals surface area contributed by atoms with Crippen LogP contribution in [0.3, 0.4) is 0 Å². The zero-order valence-corrected chi connectivity index (χ0v) is 56.0. The molecule has 0 radical (unpaired) electrons. The summed E-state index contributed by atoms with van der Waals surface area (Å²) in [6.07, 6.45) is 4.17. The van der Waals surface area contributed by atoms with Crippen LogP contribution in [0.2, 0.25) is 10.0 Å². The molecule has 6 N–H and O–H groups in total. The lowest BCUT2D eigenvalue weighted by molar-refractivity contribution is -0.139. The summed E-state index contributed by atoms with van der Waals surface area (Å²) >= 11 is 19.1. The molecule has 6 aliphatic heterocycles. The summed E-state index contributed by atoms with van der Waals surface area (Å²) in [5.74, 6) is -2.42. The number of ether oxygens (including phenoxy) is 2. The van der Waals surface area contributed by atoms with Gasteiger partial charge in [0.2, 0.25) is 0 Å². The summed E-state index contributed by atoms with van der Waals surface area (Å²) < 4.78 is 25.3. The maximum atomic E-state index is 14.1. The number of carboxylic acid groups (broad SMARTS) is 2. The molecule has 0 bridgehead atoms. The van der Waals surface area contributed by atoms with Gasteiger partial charge in [0.1, 0.15) is 17.9 Å². The molecule has 0 spiro atoms. The summed E-state index contributed by atoms with van der Waals surface area (Å²) in [5.41, 5.74) is 5.83. The lowest BCUT2D eigenvalue weighted by Crippen LogP contribution is -2.61. The molecule has 4 fully saturated rings. The summed E-state index contributed by atoms with van der Waals surface area (Å²) in [6.45, 7) is 4.16. The van der Waals surface area contributed by atoms with Crippen LogP contribution in [0.15, 0.2) is 145 Å². The number of thiazole rings is 2. The minimum atomic E-state index is -0.871. The second-order valence-electron chi connectivity index (χ2n) is 22.9. The molecule has 0 aliphatic carbocycles. The number of aliphatic imine (C=N–C) groups is 2. The van der Waals surface area contributed by atoms with Crippen molar-refractivity contribution in [3.63, 3.8) is 0 Å². The number of carboxylic acids is 2. The number of esters is 2. The molecule has 498 valence electrons. The Bertz CT molecular complexity index is 4000. The molecule has 6 aromatic rings. The van der Waals surface area contributed by atoms with E-state index in [2.05, 4.69) is 46.3 Å². The Labute approximate surface area is 571 Å². The minimum absolute atomic E-state index is 0.0220. The third-order valence-corrected chi connectivity index (χ3v) is 20.2. The van der Waals surface area contributed by atoms with E-state index < -0.39 is 53.9 Å². The van der Waals surface area contributed by atoms with Crippen LogP contribution < -0.4 is 20.4 Å². The van der Waals surface area contributed by atoms with Crippen LogP contribution >= 0.6 is 61.8 Å². The van der Waals surface area contributed by atoms with Gasteiger partial charge in [-0.25, -0.2) is 33.5 Å². The van der Waals surface area contributed by atoms with Gasteiger partial charge in [0.05, 0.1) is 62.2 Å². The highest BCUT2D eigenvalue weighted by atomic mass is 79.9. The number of amides is 4. The fourth-order valence-electron chi connectivity index (χ4n) is 12.7. The standard InChI is InChI=1S/C33H34BrFN6O6S.C32H32Cl2N6O6S/c1-2-47-32(45)28-24(37-30(31-36-11-14-48-31)38-29(28)22-9-6-20(35)15-23(22)34)16-39-12-13-40-25(26(39)18-42)17-41(33(40)46)21-7-3-19(4-8-21)5-10-27(43)44;1-46-31(44)27-23(36-29(30-35-10-13-47-30)37-28(27)21-8-5-19(33)14-22(21)34)15-38-11-12-39-24(25(38)17-41)16-40(32(39)45)20-6-2-18(3-7-20)4-9-26(42)43/h3-4,6-9,11,14-15,25-26,29,42H,2,5,10,12-13,16-18H2,1H3,(H,37,38)(H,43,44);2-3,5-8,10,13-14,24-25,28,41H,4,9,11-12,15-17H2,1H3,(H,36,37)(H,42,43)/t25-,26-,29+;24-,25-,28+/m11/s1. The van der Waals surface area contributed by atoms with Crippen LogP contribution in [0, 0.1) is 5.82 Å². The lowest BCUT2D eigenvalue weighted by Gasteiger charge is -2.43. The van der Waals surface area contributed by atoms with Crippen LogP contribution in [0.25, 0.3) is 0 Å². The van der Waals surface area contributed by atoms with Crippen molar-refractivity contribution in [1.82, 2.24) is 40.2 Å². The molecule has 12 rings (SSSR count). The molecule has 24 nitrogen and oxygen atoms in total. The fraction of sp³-hybridized carbons (Fsp3) is 0.354. The highest BCUT2D eigenvalue weighted by Crippen LogP contribution is 2.41. The van der Waals surface area contributed by atoms with Gasteiger partial charge >= 0.3 is 35.9 Å². The number of benzene rings is 4. The third kappa shape index (κ3) is 14.9. The SMILES string of the molecule is CCOC(=O)C1=C(CN2CCN3C(=O)N(c4ccc(CCC(=O)O)cc4)C[C@@H]3[C@H]2CO)NC(c2nccs2)=N[C@H]1c1ccc(F)cc1Br.COC(=O)C1=C(CN2CCN3C(=O)N(c4ccc(CCC(=O)O)cc4)C[C@@H]3[C@H]2CO)NC(c2nccs2)=N[C@H]1c1ccc(Cl)cc1Cl. The molecule has 4 saturated heterocycles. The lowest BCUT2D eigenvalue weighted by atomic mass is 9.94. The van der Waals surface area contributed by atoms with Crippen molar-refractivity contribution < 1.29 is 63.1 Å². The normalized spacial score (nSPS) is 21.3. The fourth-order valence-corrected chi connectivity index (χ4v) is 15.0. The summed E-state index contributed by atoms with van der Waals surface area (Å²) in [6, 6.07) is 20.3. The van der Waals surface area contributed by atoms with Crippen molar-refractivity contribution in [3.8, 4) is 0 Å². The first kappa shape index (κ1) is 68.2. The first-order valence-corrected chi connectivity index (χ1v) is 33.8. The average Bonchev–Trinajstić information content (AvgIpc) is 1.73. The van der Waals surface area contributed by atoms with Gasteiger partial charge in [-0.1, -0.05) is 75.5 Å². The second kappa shape index (κ2) is 30.3. The summed E-state index contributed by atoms with van der Waals surface area (Å²) in [5, 5.41) is 51.7. The number of urea groups is 2. The maximum absolute atomic E-state index is 14.1. The van der Waals surface area contributed by atoms with E-state index in [0.29, 0.717) is 122 Å². The van der Waals surface area contributed by atoms with Gasteiger partial charge in [0.25, 0.3) is 0 Å². The van der Waals surface area contributed by atoms with Gasteiger partial charge in [-0.2, -0.15) is 0 Å². The van der Waals surface area contributed by atoms with Gasteiger partial charge in [-0.3, -0.25) is 39.2 Å². The Balaban J connectivity index is 0.000000193. The van der Waals surface area contributed by atoms with Gasteiger partial charge in [-0.15, -0.1) is 22.7 Å². The Morgan fingerprint density at radius 3 is 1.56 bits per heavy atom. The Morgan fingerprint density at radius 2 is 1.14 bits per heavy atom. The zero-order valence-electron chi connectivity index (χ0n) is 51.3. The van der Waals surface area contributed by atoms with E-state index in [1.165, 1.54) is 41.9 Å². The van der Waals surface area contributed by atoms with E-state index in [4.69, 9.17) is 52.9 Å². The number of anilines is 2. The smallest absolute Gasteiger partial charge is 0.338 e. The number of aryl methyl sites for hydroxylation is 2. The molecule has 8 heterocycles. The van der Waals surface area contributed by atoms with Gasteiger partial charge in [0, 0.05) is 131 Å². The highest BCUT2D eigenvalue weighted by molar-refractivity contribution is 9.10. The Kier molecular flexibility index (Phi) is 21.7. The number of amidine groups is 2. The number of nitrogens with one attached hydrogen (secondary N) is 2. The molecular formula is C65H66BrCl2FN12O12S2. The van der Waals surface area contributed by atoms with E-state index in [0.717, 1.165) is 11.1 Å². The quantitative estimate of drug-likeness (QED) is 0.0373. The number of rotatable bonds is 21. The van der Waals surface area contributed by atoms with E-state index in [1.807, 2.05) is 59.3 Å². The summed E-state index contributed by atoms with van der Waals surface area (Å²) in [4.78, 5) is 106. The molecule has 95 heavy (non-hydrogen) atoms.